The third-order valence-corrected chi connectivity index (χ3v) is 3.71. The minimum Gasteiger partial charge on any atom is -0.481 e. The van der Waals surface area contributed by atoms with Gasteiger partial charge in [-0.1, -0.05) is 40.2 Å². The zero-order valence-corrected chi connectivity index (χ0v) is 11.6. The zero-order valence-electron chi connectivity index (χ0n) is 10.1. The molecule has 0 saturated carbocycles. The van der Waals surface area contributed by atoms with Gasteiger partial charge in [-0.25, -0.2) is 0 Å². The van der Waals surface area contributed by atoms with Gasteiger partial charge in [0, 0.05) is 4.47 Å². The second kappa shape index (κ2) is 4.65. The standard InChI is InChI=1S/C15H14BrNO/c1-10-15(11-6-8-12(16)9-7-11)18-14-5-3-2-4-13(14)17-10/h2-10,15,17H,1H3. The Morgan fingerprint density at radius 3 is 2.56 bits per heavy atom. The average Bonchev–Trinajstić information content (AvgIpc) is 2.39. The van der Waals surface area contributed by atoms with Crippen LogP contribution in [0.5, 0.6) is 5.75 Å². The fraction of sp³-hybridized carbons (Fsp3) is 0.200. The van der Waals surface area contributed by atoms with Crippen LogP contribution in [0.1, 0.15) is 18.6 Å². The Labute approximate surface area is 115 Å². The first-order valence-electron chi connectivity index (χ1n) is 6.02. The summed E-state index contributed by atoms with van der Waals surface area (Å²) in [7, 11) is 0. The third kappa shape index (κ3) is 2.10. The second-order valence-corrected chi connectivity index (χ2v) is 5.43. The van der Waals surface area contributed by atoms with Gasteiger partial charge in [0.1, 0.15) is 11.9 Å². The lowest BCUT2D eigenvalue weighted by molar-refractivity contribution is 0.177. The zero-order chi connectivity index (χ0) is 12.5. The van der Waals surface area contributed by atoms with E-state index in [2.05, 4.69) is 40.3 Å². The van der Waals surface area contributed by atoms with E-state index in [4.69, 9.17) is 4.74 Å². The molecular weight excluding hydrogens is 290 g/mol. The Morgan fingerprint density at radius 1 is 1.06 bits per heavy atom. The highest BCUT2D eigenvalue weighted by molar-refractivity contribution is 9.10. The van der Waals surface area contributed by atoms with Crippen molar-refractivity contribution in [2.24, 2.45) is 0 Å². The number of hydrogen-bond acceptors (Lipinski definition) is 2. The van der Waals surface area contributed by atoms with Crippen molar-refractivity contribution in [3.8, 4) is 5.75 Å². The molecule has 2 unspecified atom stereocenters. The lowest BCUT2D eigenvalue weighted by Gasteiger charge is -2.33. The van der Waals surface area contributed by atoms with Crippen LogP contribution in [0.2, 0.25) is 0 Å². The van der Waals surface area contributed by atoms with Crippen LogP contribution < -0.4 is 10.1 Å². The number of nitrogens with one attached hydrogen (secondary N) is 1. The molecule has 2 aromatic carbocycles. The summed E-state index contributed by atoms with van der Waals surface area (Å²) in [4.78, 5) is 0. The first-order valence-corrected chi connectivity index (χ1v) is 6.81. The lowest BCUT2D eigenvalue weighted by atomic mass is 10.0. The van der Waals surface area contributed by atoms with Gasteiger partial charge in [-0.3, -0.25) is 0 Å². The van der Waals surface area contributed by atoms with Gasteiger partial charge in [-0.2, -0.15) is 0 Å². The first-order chi connectivity index (χ1) is 8.74. The molecule has 0 fully saturated rings. The SMILES string of the molecule is CC1Nc2ccccc2OC1c1ccc(Br)cc1. The van der Waals surface area contributed by atoms with Gasteiger partial charge in [0.25, 0.3) is 0 Å². The highest BCUT2D eigenvalue weighted by Gasteiger charge is 2.27. The molecule has 1 heterocycles. The molecule has 0 saturated heterocycles. The molecule has 1 aliphatic rings. The Balaban J connectivity index is 1.93. The maximum absolute atomic E-state index is 6.09. The quantitative estimate of drug-likeness (QED) is 0.844. The lowest BCUT2D eigenvalue weighted by Crippen LogP contribution is -2.32. The van der Waals surface area contributed by atoms with Crippen molar-refractivity contribution in [1.82, 2.24) is 0 Å². The van der Waals surface area contributed by atoms with Crippen molar-refractivity contribution >= 4 is 21.6 Å². The van der Waals surface area contributed by atoms with Crippen LogP contribution in [0.15, 0.2) is 53.0 Å². The second-order valence-electron chi connectivity index (χ2n) is 4.52. The molecule has 2 aromatic rings. The Morgan fingerprint density at radius 2 is 1.78 bits per heavy atom. The molecule has 0 radical (unpaired) electrons. The Bertz CT molecular complexity index is 553. The van der Waals surface area contributed by atoms with Gasteiger partial charge in [-0.15, -0.1) is 0 Å². The summed E-state index contributed by atoms with van der Waals surface area (Å²) in [6.45, 7) is 2.14. The molecule has 3 rings (SSSR count). The molecule has 1 N–H and O–H groups in total. The summed E-state index contributed by atoms with van der Waals surface area (Å²) in [5.41, 5.74) is 2.26. The number of para-hydroxylation sites is 2. The topological polar surface area (TPSA) is 21.3 Å². The average molecular weight is 304 g/mol. The van der Waals surface area contributed by atoms with Crippen LogP contribution in [-0.2, 0) is 0 Å². The maximum Gasteiger partial charge on any atom is 0.144 e. The predicted molar refractivity (Wildman–Crippen MR) is 77.0 cm³/mol. The van der Waals surface area contributed by atoms with Crippen molar-refractivity contribution < 1.29 is 4.74 Å². The minimum atomic E-state index is 0.0491. The van der Waals surface area contributed by atoms with Gasteiger partial charge in [0.05, 0.1) is 11.7 Å². The monoisotopic (exact) mass is 303 g/mol. The molecule has 18 heavy (non-hydrogen) atoms. The molecule has 0 bridgehead atoms. The Kier molecular flexibility index (Phi) is 3.00. The van der Waals surface area contributed by atoms with E-state index < -0.39 is 0 Å². The van der Waals surface area contributed by atoms with Gasteiger partial charge in [0.2, 0.25) is 0 Å². The van der Waals surface area contributed by atoms with E-state index in [1.807, 2.05) is 36.4 Å². The van der Waals surface area contributed by atoms with Crippen molar-refractivity contribution in [1.29, 1.82) is 0 Å². The highest BCUT2D eigenvalue weighted by Crippen LogP contribution is 2.37. The van der Waals surface area contributed by atoms with Crippen LogP contribution >= 0.6 is 15.9 Å². The maximum atomic E-state index is 6.09. The van der Waals surface area contributed by atoms with Crippen LogP contribution in [0.4, 0.5) is 5.69 Å². The van der Waals surface area contributed by atoms with E-state index in [1.54, 1.807) is 0 Å². The number of anilines is 1. The molecule has 0 aliphatic carbocycles. The van der Waals surface area contributed by atoms with E-state index in [0.717, 1.165) is 15.9 Å². The number of rotatable bonds is 1. The van der Waals surface area contributed by atoms with E-state index in [-0.39, 0.29) is 12.1 Å². The van der Waals surface area contributed by atoms with Crippen LogP contribution in [0, 0.1) is 0 Å². The van der Waals surface area contributed by atoms with Crippen molar-refractivity contribution in [2.45, 2.75) is 19.1 Å². The van der Waals surface area contributed by atoms with Crippen LogP contribution in [0.25, 0.3) is 0 Å². The van der Waals surface area contributed by atoms with Gasteiger partial charge in [0.15, 0.2) is 0 Å². The van der Waals surface area contributed by atoms with E-state index in [1.165, 1.54) is 5.56 Å². The minimum absolute atomic E-state index is 0.0491. The van der Waals surface area contributed by atoms with Crippen LogP contribution in [0.3, 0.4) is 0 Å². The van der Waals surface area contributed by atoms with Crippen molar-refractivity contribution in [3.63, 3.8) is 0 Å². The number of benzene rings is 2. The molecule has 0 amide bonds. The molecule has 2 atom stereocenters. The molecule has 2 nitrogen and oxygen atoms in total. The largest absolute Gasteiger partial charge is 0.481 e. The number of hydrogen-bond donors (Lipinski definition) is 1. The van der Waals surface area contributed by atoms with Crippen molar-refractivity contribution in [3.05, 3.63) is 58.6 Å². The molecule has 3 heteroatoms. The number of fused-ring (bicyclic) bond motifs is 1. The predicted octanol–water partition coefficient (Wildman–Crippen LogP) is 4.38. The number of ether oxygens (including phenoxy) is 1. The van der Waals surface area contributed by atoms with Crippen molar-refractivity contribution in [2.75, 3.05) is 5.32 Å². The summed E-state index contributed by atoms with van der Waals surface area (Å²) < 4.78 is 7.18. The molecule has 1 aliphatic heterocycles. The van der Waals surface area contributed by atoms with Gasteiger partial charge < -0.3 is 10.1 Å². The molecular formula is C15H14BrNO. The molecule has 0 aromatic heterocycles. The smallest absolute Gasteiger partial charge is 0.144 e. The summed E-state index contributed by atoms with van der Waals surface area (Å²) in [5, 5.41) is 3.49. The highest BCUT2D eigenvalue weighted by atomic mass is 79.9. The van der Waals surface area contributed by atoms with Gasteiger partial charge in [-0.05, 0) is 36.8 Å². The molecule has 92 valence electrons. The third-order valence-electron chi connectivity index (χ3n) is 3.18. The Hall–Kier alpha value is -1.48. The van der Waals surface area contributed by atoms with E-state index in [9.17, 15) is 0 Å². The first kappa shape index (κ1) is 11.6. The fourth-order valence-corrected chi connectivity index (χ4v) is 2.52. The van der Waals surface area contributed by atoms with Gasteiger partial charge >= 0.3 is 0 Å². The number of halogens is 1. The van der Waals surface area contributed by atoms with Crippen LogP contribution in [-0.4, -0.2) is 6.04 Å². The summed E-state index contributed by atoms with van der Waals surface area (Å²) >= 11 is 3.45. The van der Waals surface area contributed by atoms with E-state index >= 15 is 0 Å². The summed E-state index contributed by atoms with van der Waals surface area (Å²) in [6.07, 6.45) is 0.0491. The van der Waals surface area contributed by atoms with E-state index in [0.29, 0.717) is 0 Å². The molecule has 0 spiro atoms. The normalized spacial score (nSPS) is 21.7. The summed E-state index contributed by atoms with van der Waals surface area (Å²) in [6, 6.07) is 16.6. The summed E-state index contributed by atoms with van der Waals surface area (Å²) in [5.74, 6) is 0.920. The fourth-order valence-electron chi connectivity index (χ4n) is 2.26.